The molecule has 0 radical (unpaired) electrons. The van der Waals surface area contributed by atoms with E-state index in [0.717, 1.165) is 23.3 Å². The maximum atomic E-state index is 13.0. The number of nitrogens with zero attached hydrogens (tertiary/aromatic N) is 1. The Morgan fingerprint density at radius 3 is 2.57 bits per heavy atom. The Hall–Kier alpha value is -3.32. The Kier molecular flexibility index (Phi) is 5.99. The van der Waals surface area contributed by atoms with E-state index in [9.17, 15) is 9.59 Å². The Balaban J connectivity index is 1.46. The average Bonchev–Trinajstić information content (AvgIpc) is 3.08. The molecule has 1 atom stereocenters. The van der Waals surface area contributed by atoms with Gasteiger partial charge in [0, 0.05) is 20.3 Å². The third-order valence-electron chi connectivity index (χ3n) is 5.26. The molecule has 30 heavy (non-hydrogen) atoms. The molecule has 0 unspecified atom stereocenters. The van der Waals surface area contributed by atoms with Gasteiger partial charge in [0.2, 0.25) is 0 Å². The van der Waals surface area contributed by atoms with E-state index in [1.165, 1.54) is 0 Å². The number of methoxy groups -OCH3 is 1. The van der Waals surface area contributed by atoms with Crippen LogP contribution in [0.15, 0.2) is 65.9 Å². The predicted octanol–water partition coefficient (Wildman–Crippen LogP) is 2.75. The van der Waals surface area contributed by atoms with Crippen LogP contribution in [0.1, 0.15) is 23.6 Å². The van der Waals surface area contributed by atoms with Crippen molar-refractivity contribution in [3.63, 3.8) is 0 Å². The standard InChI is InChI=1S/C23H25N3O4/c1-29-13-5-12-26-14-19-20(22(26)27)21(25-23(28)24-19)17-8-10-18(11-9-17)30-15-16-6-3-2-4-7-16/h2-4,6-11,21H,5,12-15H2,1H3,(H2,24,25,28)/t21-/m1/s1. The number of ether oxygens (including phenoxy) is 2. The second-order valence-electron chi connectivity index (χ2n) is 7.34. The highest BCUT2D eigenvalue weighted by Gasteiger charge is 2.40. The van der Waals surface area contributed by atoms with Gasteiger partial charge in [0.15, 0.2) is 0 Å². The monoisotopic (exact) mass is 407 g/mol. The molecule has 0 fully saturated rings. The Morgan fingerprint density at radius 1 is 1.07 bits per heavy atom. The summed E-state index contributed by atoms with van der Waals surface area (Å²) in [6, 6.07) is 16.7. The molecule has 156 valence electrons. The minimum atomic E-state index is -0.475. The Labute approximate surface area is 175 Å². The van der Waals surface area contributed by atoms with Gasteiger partial charge in [0.05, 0.1) is 23.9 Å². The van der Waals surface area contributed by atoms with E-state index in [-0.39, 0.29) is 11.9 Å². The van der Waals surface area contributed by atoms with Gasteiger partial charge in [-0.25, -0.2) is 4.79 Å². The molecule has 2 heterocycles. The molecule has 2 aliphatic heterocycles. The molecule has 2 aromatic rings. The SMILES string of the molecule is COCCCN1CC2=C(C1=O)[C@@H](c1ccc(OCc3ccccc3)cc1)NC(=O)N2. The first-order valence-electron chi connectivity index (χ1n) is 10.0. The maximum absolute atomic E-state index is 13.0. The van der Waals surface area contributed by atoms with Crippen LogP contribution in [0.2, 0.25) is 0 Å². The number of carbonyl (C=O) groups excluding carboxylic acids is 2. The van der Waals surface area contributed by atoms with Crippen LogP contribution >= 0.6 is 0 Å². The summed E-state index contributed by atoms with van der Waals surface area (Å²) in [6.07, 6.45) is 0.752. The van der Waals surface area contributed by atoms with E-state index in [1.54, 1.807) is 12.0 Å². The lowest BCUT2D eigenvalue weighted by Gasteiger charge is -2.25. The van der Waals surface area contributed by atoms with Gasteiger partial charge in [-0.3, -0.25) is 4.79 Å². The molecule has 0 saturated heterocycles. The lowest BCUT2D eigenvalue weighted by Crippen LogP contribution is -2.44. The summed E-state index contributed by atoms with van der Waals surface area (Å²) in [4.78, 5) is 26.9. The summed E-state index contributed by atoms with van der Waals surface area (Å²) in [6.45, 7) is 2.08. The van der Waals surface area contributed by atoms with Crippen LogP contribution in [0.5, 0.6) is 5.75 Å². The molecular formula is C23H25N3O4. The van der Waals surface area contributed by atoms with E-state index in [0.29, 0.717) is 37.6 Å². The van der Waals surface area contributed by atoms with Gasteiger partial charge >= 0.3 is 6.03 Å². The highest BCUT2D eigenvalue weighted by atomic mass is 16.5. The largest absolute Gasteiger partial charge is 0.489 e. The van der Waals surface area contributed by atoms with Crippen LogP contribution < -0.4 is 15.4 Å². The number of hydrogen-bond acceptors (Lipinski definition) is 4. The second kappa shape index (κ2) is 9.00. The number of carbonyl (C=O) groups is 2. The van der Waals surface area contributed by atoms with E-state index in [2.05, 4.69) is 10.6 Å². The zero-order valence-corrected chi connectivity index (χ0v) is 16.9. The van der Waals surface area contributed by atoms with E-state index in [1.807, 2.05) is 54.6 Å². The molecule has 0 saturated carbocycles. The molecule has 0 aromatic heterocycles. The van der Waals surface area contributed by atoms with E-state index < -0.39 is 6.04 Å². The molecule has 2 N–H and O–H groups in total. The number of nitrogens with one attached hydrogen (secondary N) is 2. The molecule has 3 amide bonds. The molecule has 7 nitrogen and oxygen atoms in total. The molecule has 4 rings (SSSR count). The average molecular weight is 407 g/mol. The van der Waals surface area contributed by atoms with Crippen LogP contribution in [-0.2, 0) is 16.1 Å². The van der Waals surface area contributed by atoms with Crippen LogP contribution in [-0.4, -0.2) is 43.6 Å². The first-order chi connectivity index (χ1) is 14.7. The summed E-state index contributed by atoms with van der Waals surface area (Å²) < 4.78 is 10.9. The second-order valence-corrected chi connectivity index (χ2v) is 7.34. The van der Waals surface area contributed by atoms with Crippen molar-refractivity contribution in [1.82, 2.24) is 15.5 Å². The topological polar surface area (TPSA) is 79.9 Å². The third kappa shape index (κ3) is 4.31. The van der Waals surface area contributed by atoms with Crippen LogP contribution in [0.25, 0.3) is 0 Å². The predicted molar refractivity (Wildman–Crippen MR) is 112 cm³/mol. The normalized spacial score (nSPS) is 18.2. The molecule has 0 spiro atoms. The molecule has 0 bridgehead atoms. The first-order valence-corrected chi connectivity index (χ1v) is 10.0. The van der Waals surface area contributed by atoms with Crippen molar-refractivity contribution >= 4 is 11.9 Å². The molecule has 2 aliphatic rings. The summed E-state index contributed by atoms with van der Waals surface area (Å²) in [5.41, 5.74) is 3.21. The summed E-state index contributed by atoms with van der Waals surface area (Å²) in [5.74, 6) is 0.680. The summed E-state index contributed by atoms with van der Waals surface area (Å²) >= 11 is 0. The van der Waals surface area contributed by atoms with Crippen molar-refractivity contribution in [1.29, 1.82) is 0 Å². The number of amides is 3. The van der Waals surface area contributed by atoms with Crippen molar-refractivity contribution in [3.8, 4) is 5.75 Å². The zero-order chi connectivity index (χ0) is 20.9. The highest BCUT2D eigenvalue weighted by molar-refractivity contribution is 6.01. The fourth-order valence-corrected chi connectivity index (χ4v) is 3.76. The van der Waals surface area contributed by atoms with Crippen molar-refractivity contribution in [3.05, 3.63) is 77.0 Å². The van der Waals surface area contributed by atoms with Gasteiger partial charge in [0.1, 0.15) is 12.4 Å². The fourth-order valence-electron chi connectivity index (χ4n) is 3.76. The van der Waals surface area contributed by atoms with Crippen molar-refractivity contribution < 1.29 is 19.1 Å². The number of hydrogen-bond donors (Lipinski definition) is 2. The minimum Gasteiger partial charge on any atom is -0.489 e. The van der Waals surface area contributed by atoms with Gasteiger partial charge in [-0.15, -0.1) is 0 Å². The van der Waals surface area contributed by atoms with Crippen molar-refractivity contribution in [2.24, 2.45) is 0 Å². The number of benzene rings is 2. The fraction of sp³-hybridized carbons (Fsp3) is 0.304. The molecule has 0 aliphatic carbocycles. The van der Waals surface area contributed by atoms with Gasteiger partial charge < -0.3 is 25.0 Å². The number of rotatable bonds is 8. The quantitative estimate of drug-likeness (QED) is 0.660. The lowest BCUT2D eigenvalue weighted by atomic mass is 9.96. The summed E-state index contributed by atoms with van der Waals surface area (Å²) in [5, 5.41) is 5.67. The Bertz CT molecular complexity index is 941. The highest BCUT2D eigenvalue weighted by Crippen LogP contribution is 2.33. The van der Waals surface area contributed by atoms with Gasteiger partial charge in [-0.2, -0.15) is 0 Å². The first kappa shape index (κ1) is 20.0. The third-order valence-corrected chi connectivity index (χ3v) is 5.26. The van der Waals surface area contributed by atoms with Crippen LogP contribution in [0, 0.1) is 0 Å². The van der Waals surface area contributed by atoms with E-state index in [4.69, 9.17) is 9.47 Å². The van der Waals surface area contributed by atoms with Gasteiger partial charge in [0.25, 0.3) is 5.91 Å². The zero-order valence-electron chi connectivity index (χ0n) is 16.9. The summed E-state index contributed by atoms with van der Waals surface area (Å²) in [7, 11) is 1.64. The Morgan fingerprint density at radius 2 is 1.83 bits per heavy atom. The molecule has 7 heteroatoms. The van der Waals surface area contributed by atoms with Crippen molar-refractivity contribution in [2.45, 2.75) is 19.1 Å². The van der Waals surface area contributed by atoms with Crippen molar-refractivity contribution in [2.75, 3.05) is 26.8 Å². The van der Waals surface area contributed by atoms with Gasteiger partial charge in [-0.05, 0) is 29.7 Å². The van der Waals surface area contributed by atoms with E-state index >= 15 is 0 Å². The maximum Gasteiger partial charge on any atom is 0.319 e. The van der Waals surface area contributed by atoms with Crippen LogP contribution in [0.3, 0.4) is 0 Å². The smallest absolute Gasteiger partial charge is 0.319 e. The molecule has 2 aromatic carbocycles. The number of urea groups is 1. The van der Waals surface area contributed by atoms with Gasteiger partial charge in [-0.1, -0.05) is 42.5 Å². The lowest BCUT2D eigenvalue weighted by molar-refractivity contribution is -0.125. The van der Waals surface area contributed by atoms with Crippen LogP contribution in [0.4, 0.5) is 4.79 Å². The molecular weight excluding hydrogens is 382 g/mol. The minimum absolute atomic E-state index is 0.0528.